The van der Waals surface area contributed by atoms with E-state index in [2.05, 4.69) is 165 Å². The summed E-state index contributed by atoms with van der Waals surface area (Å²) in [5, 5.41) is 7.81. The quantitative estimate of drug-likeness (QED) is 0.175. The molecule has 0 fully saturated rings. The zero-order valence-electron chi connectivity index (χ0n) is 32.2. The van der Waals surface area contributed by atoms with Crippen molar-refractivity contribution in [3.8, 4) is 56.4 Å². The zero-order valence-corrected chi connectivity index (χ0v) is 32.2. The fraction of sp³-hybridized carbons (Fsp3) is 0.0556. The maximum Gasteiger partial charge on any atom is 0.164 e. The van der Waals surface area contributed by atoms with Gasteiger partial charge < -0.3 is 8.83 Å². The first-order valence-electron chi connectivity index (χ1n) is 20.1. The molecule has 12 rings (SSSR count). The van der Waals surface area contributed by atoms with Crippen molar-refractivity contribution in [1.82, 2.24) is 15.0 Å². The molecule has 0 bridgehead atoms. The molecular formula is C54H35N3O2. The molecule has 1 atom stereocenters. The van der Waals surface area contributed by atoms with Crippen LogP contribution >= 0.6 is 0 Å². The topological polar surface area (TPSA) is 65.0 Å². The molecule has 11 aromatic rings. The maximum atomic E-state index is 6.79. The molecule has 0 radical (unpaired) electrons. The van der Waals surface area contributed by atoms with Gasteiger partial charge in [-0.05, 0) is 87.0 Å². The number of aromatic nitrogens is 3. The molecule has 5 heteroatoms. The highest BCUT2D eigenvalue weighted by molar-refractivity contribution is 6.22. The maximum absolute atomic E-state index is 6.79. The van der Waals surface area contributed by atoms with Gasteiger partial charge >= 0.3 is 0 Å². The number of hydrogen-bond donors (Lipinski definition) is 0. The highest BCUT2D eigenvalue weighted by Crippen LogP contribution is 2.47. The van der Waals surface area contributed by atoms with Gasteiger partial charge in [0.15, 0.2) is 17.5 Å². The summed E-state index contributed by atoms with van der Waals surface area (Å²) in [5.74, 6) is 2.92. The van der Waals surface area contributed by atoms with Crippen LogP contribution in [0.15, 0.2) is 179 Å². The van der Waals surface area contributed by atoms with Crippen LogP contribution in [-0.4, -0.2) is 15.0 Å². The van der Waals surface area contributed by atoms with Crippen molar-refractivity contribution in [3.05, 3.63) is 181 Å². The summed E-state index contributed by atoms with van der Waals surface area (Å²) in [6.07, 6.45) is 5.24. The van der Waals surface area contributed by atoms with E-state index in [4.69, 9.17) is 23.8 Å². The molecule has 59 heavy (non-hydrogen) atoms. The third-order valence-electron chi connectivity index (χ3n) is 11.9. The van der Waals surface area contributed by atoms with Crippen LogP contribution in [0.5, 0.6) is 0 Å². The number of para-hydroxylation sites is 1. The van der Waals surface area contributed by atoms with Crippen molar-refractivity contribution >= 4 is 60.5 Å². The monoisotopic (exact) mass is 757 g/mol. The minimum Gasteiger partial charge on any atom is -0.456 e. The van der Waals surface area contributed by atoms with Crippen molar-refractivity contribution in [2.24, 2.45) is 0 Å². The summed E-state index contributed by atoms with van der Waals surface area (Å²) in [5.41, 5.74) is 10.6. The van der Waals surface area contributed by atoms with Gasteiger partial charge in [-0.2, -0.15) is 0 Å². The normalized spacial score (nSPS) is 13.9. The van der Waals surface area contributed by atoms with Gasteiger partial charge in [0.2, 0.25) is 0 Å². The average molecular weight is 758 g/mol. The molecule has 0 spiro atoms. The molecule has 0 saturated carbocycles. The van der Waals surface area contributed by atoms with Crippen molar-refractivity contribution in [2.45, 2.75) is 19.3 Å². The molecule has 8 aromatic carbocycles. The van der Waals surface area contributed by atoms with E-state index in [1.807, 2.05) is 18.2 Å². The van der Waals surface area contributed by atoms with E-state index < -0.39 is 0 Å². The number of allylic oxidation sites excluding steroid dienone is 1. The van der Waals surface area contributed by atoms with Crippen molar-refractivity contribution in [1.29, 1.82) is 0 Å². The third-order valence-corrected chi connectivity index (χ3v) is 11.9. The molecule has 0 aliphatic heterocycles. The van der Waals surface area contributed by atoms with E-state index in [-0.39, 0.29) is 5.92 Å². The van der Waals surface area contributed by atoms with Gasteiger partial charge in [-0.1, -0.05) is 146 Å². The number of fused-ring (bicyclic) bond motifs is 9. The second-order valence-electron chi connectivity index (χ2n) is 15.6. The van der Waals surface area contributed by atoms with Crippen LogP contribution < -0.4 is 0 Å². The molecule has 278 valence electrons. The van der Waals surface area contributed by atoms with Gasteiger partial charge in [-0.3, -0.25) is 0 Å². The van der Waals surface area contributed by atoms with Crippen LogP contribution in [0, 0.1) is 0 Å². The summed E-state index contributed by atoms with van der Waals surface area (Å²) < 4.78 is 13.5. The Morgan fingerprint density at radius 1 is 0.458 bits per heavy atom. The summed E-state index contributed by atoms with van der Waals surface area (Å²) in [6.45, 7) is 2.27. The molecule has 1 aliphatic rings. The van der Waals surface area contributed by atoms with Gasteiger partial charge in [-0.15, -0.1) is 0 Å². The van der Waals surface area contributed by atoms with Gasteiger partial charge in [-0.25, -0.2) is 15.0 Å². The molecule has 0 saturated heterocycles. The predicted octanol–water partition coefficient (Wildman–Crippen LogP) is 14.7. The van der Waals surface area contributed by atoms with E-state index in [0.29, 0.717) is 17.5 Å². The van der Waals surface area contributed by atoms with E-state index in [1.54, 1.807) is 0 Å². The average Bonchev–Trinajstić information content (AvgIpc) is 3.88. The summed E-state index contributed by atoms with van der Waals surface area (Å²) in [4.78, 5) is 15.9. The van der Waals surface area contributed by atoms with Crippen molar-refractivity contribution in [2.75, 3.05) is 0 Å². The van der Waals surface area contributed by atoms with Crippen LogP contribution in [0.3, 0.4) is 0 Å². The highest BCUT2D eigenvalue weighted by Gasteiger charge is 2.27. The second-order valence-corrected chi connectivity index (χ2v) is 15.6. The molecular weight excluding hydrogens is 723 g/mol. The number of hydrogen-bond acceptors (Lipinski definition) is 5. The Kier molecular flexibility index (Phi) is 7.51. The molecule has 0 N–H and O–H groups in total. The van der Waals surface area contributed by atoms with E-state index >= 15 is 0 Å². The number of rotatable bonds is 5. The van der Waals surface area contributed by atoms with Crippen molar-refractivity contribution in [3.63, 3.8) is 0 Å². The first kappa shape index (κ1) is 33.5. The molecule has 5 nitrogen and oxygen atoms in total. The Hall–Kier alpha value is -7.63. The molecule has 1 aliphatic carbocycles. The van der Waals surface area contributed by atoms with Gasteiger partial charge in [0.05, 0.1) is 0 Å². The fourth-order valence-electron chi connectivity index (χ4n) is 9.03. The molecule has 0 amide bonds. The smallest absolute Gasteiger partial charge is 0.164 e. The van der Waals surface area contributed by atoms with Gasteiger partial charge in [0, 0.05) is 44.0 Å². The van der Waals surface area contributed by atoms with Crippen LogP contribution in [0.4, 0.5) is 0 Å². The number of nitrogens with zero attached hydrogens (tertiary/aromatic N) is 3. The lowest BCUT2D eigenvalue weighted by molar-refractivity contribution is 0.586. The largest absolute Gasteiger partial charge is 0.456 e. The fourth-order valence-corrected chi connectivity index (χ4v) is 9.03. The summed E-state index contributed by atoms with van der Waals surface area (Å²) in [6, 6.07) is 57.2. The summed E-state index contributed by atoms with van der Waals surface area (Å²) in [7, 11) is 0. The summed E-state index contributed by atoms with van der Waals surface area (Å²) >= 11 is 0. The Morgan fingerprint density at radius 3 is 1.97 bits per heavy atom. The highest BCUT2D eigenvalue weighted by atomic mass is 16.3. The van der Waals surface area contributed by atoms with Gasteiger partial charge in [0.1, 0.15) is 22.5 Å². The predicted molar refractivity (Wildman–Crippen MR) is 241 cm³/mol. The Labute approximate surface area is 340 Å². The minimum atomic E-state index is 0.246. The Bertz CT molecular complexity index is 3490. The van der Waals surface area contributed by atoms with E-state index in [0.717, 1.165) is 106 Å². The molecule has 1 unspecified atom stereocenters. The number of benzene rings is 8. The van der Waals surface area contributed by atoms with Gasteiger partial charge in [0.25, 0.3) is 0 Å². The first-order valence-corrected chi connectivity index (χ1v) is 20.1. The van der Waals surface area contributed by atoms with Crippen LogP contribution in [0.1, 0.15) is 30.6 Å². The SMILES string of the molecule is CC1CC=Cc2oc3cc(-c4cc5ccccc5c5c4oc4ccccc45)cc(-c4nc(-c5ccc(-c6ccccc6)cc5)nc(-c5ccc6ccccc6c5)n4)c3c21. The minimum absolute atomic E-state index is 0.246. The lowest BCUT2D eigenvalue weighted by atomic mass is 9.87. The Balaban J connectivity index is 1.14. The van der Waals surface area contributed by atoms with Crippen molar-refractivity contribution < 1.29 is 8.83 Å². The number of furan rings is 2. The third kappa shape index (κ3) is 5.50. The second kappa shape index (κ2) is 13.2. The molecule has 3 heterocycles. The Morgan fingerprint density at radius 2 is 1.12 bits per heavy atom. The van der Waals surface area contributed by atoms with Crippen LogP contribution in [-0.2, 0) is 0 Å². The van der Waals surface area contributed by atoms with Crippen LogP contribution in [0.2, 0.25) is 0 Å². The van der Waals surface area contributed by atoms with Crippen LogP contribution in [0.25, 0.3) is 117 Å². The lowest BCUT2D eigenvalue weighted by Crippen LogP contribution is -2.02. The van der Waals surface area contributed by atoms with E-state index in [1.165, 1.54) is 5.56 Å². The van der Waals surface area contributed by atoms with E-state index in [9.17, 15) is 0 Å². The standard InChI is InChI=1S/C54H35N3O2/c1-32-12-11-21-46-48(32)50-44(30-40(31-47(50)58-46)43-29-38-17-7-8-18-41(38)49-42-19-9-10-20-45(42)59-51(43)49)54-56-52(36-25-22-35(23-26-36)33-13-3-2-4-14-33)55-53(57-54)39-27-24-34-15-5-6-16-37(34)28-39/h2-11,13-32H,12H2,1H3. The first-order chi connectivity index (χ1) is 29.1. The molecule has 3 aromatic heterocycles. The lowest BCUT2D eigenvalue weighted by Gasteiger charge is -2.16. The zero-order chi connectivity index (χ0) is 39.0.